The molecule has 0 radical (unpaired) electrons. The van der Waals surface area contributed by atoms with Crippen LogP contribution in [0.5, 0.6) is 0 Å². The molecule has 0 amide bonds. The zero-order valence-electron chi connectivity index (χ0n) is 13.0. The first-order chi connectivity index (χ1) is 9.94. The van der Waals surface area contributed by atoms with Crippen LogP contribution in [0.25, 0.3) is 0 Å². The molecule has 0 fully saturated rings. The van der Waals surface area contributed by atoms with Gasteiger partial charge < -0.3 is 5.32 Å². The Balaban J connectivity index is 2.06. The van der Waals surface area contributed by atoms with Gasteiger partial charge in [-0.1, -0.05) is 29.8 Å². The van der Waals surface area contributed by atoms with Gasteiger partial charge >= 0.3 is 0 Å². The van der Waals surface area contributed by atoms with Gasteiger partial charge in [-0.3, -0.25) is 0 Å². The second-order valence-electron chi connectivity index (χ2n) is 6.50. The molecule has 0 spiro atoms. The Hall–Kier alpha value is -0.830. The summed E-state index contributed by atoms with van der Waals surface area (Å²) in [7, 11) is 0. The number of benzene rings is 1. The van der Waals surface area contributed by atoms with Crippen molar-refractivity contribution in [2.24, 2.45) is 0 Å². The summed E-state index contributed by atoms with van der Waals surface area (Å²) in [4.78, 5) is 1.46. The van der Waals surface area contributed by atoms with E-state index in [9.17, 15) is 0 Å². The van der Waals surface area contributed by atoms with Crippen LogP contribution >= 0.6 is 22.9 Å². The van der Waals surface area contributed by atoms with Gasteiger partial charge in [-0.05, 0) is 68.7 Å². The summed E-state index contributed by atoms with van der Waals surface area (Å²) in [5.74, 6) is 0.491. The van der Waals surface area contributed by atoms with Crippen molar-refractivity contribution in [2.75, 3.05) is 6.54 Å². The third-order valence-corrected chi connectivity index (χ3v) is 4.69. The molecule has 21 heavy (non-hydrogen) atoms. The maximum Gasteiger partial charge on any atom is 0.0408 e. The van der Waals surface area contributed by atoms with Gasteiger partial charge in [-0.2, -0.15) is 0 Å². The van der Waals surface area contributed by atoms with Crippen molar-refractivity contribution < 1.29 is 0 Å². The Morgan fingerprint density at radius 2 is 2.00 bits per heavy atom. The lowest BCUT2D eigenvalue weighted by atomic mass is 9.92. The molecule has 1 atom stereocenters. The lowest BCUT2D eigenvalue weighted by molar-refractivity contribution is 0.399. The Morgan fingerprint density at radius 3 is 2.62 bits per heavy atom. The highest BCUT2D eigenvalue weighted by Crippen LogP contribution is 2.25. The Morgan fingerprint density at radius 1 is 1.19 bits per heavy atom. The first-order valence-electron chi connectivity index (χ1n) is 7.47. The highest BCUT2D eigenvalue weighted by Gasteiger charge is 2.16. The number of nitrogens with one attached hydrogen (secondary N) is 1. The zero-order valence-corrected chi connectivity index (χ0v) is 14.6. The quantitative estimate of drug-likeness (QED) is 0.740. The van der Waals surface area contributed by atoms with E-state index in [0.29, 0.717) is 5.92 Å². The fourth-order valence-corrected chi connectivity index (χ4v) is 3.27. The summed E-state index contributed by atoms with van der Waals surface area (Å²) < 4.78 is 0. The van der Waals surface area contributed by atoms with Crippen LogP contribution in [0.2, 0.25) is 5.02 Å². The molecule has 114 valence electrons. The average molecular weight is 322 g/mol. The third-order valence-electron chi connectivity index (χ3n) is 3.52. The molecular weight excluding hydrogens is 298 g/mol. The molecule has 0 saturated carbocycles. The maximum absolute atomic E-state index is 6.16. The average Bonchev–Trinajstić information content (AvgIpc) is 2.90. The molecular formula is C18H24ClNS. The molecule has 3 heteroatoms. The van der Waals surface area contributed by atoms with Crippen LogP contribution < -0.4 is 5.32 Å². The Labute approximate surface area is 137 Å². The summed E-state index contributed by atoms with van der Waals surface area (Å²) in [5, 5.41) is 6.60. The van der Waals surface area contributed by atoms with E-state index in [4.69, 9.17) is 11.6 Å². The van der Waals surface area contributed by atoms with Gasteiger partial charge in [0, 0.05) is 22.0 Å². The van der Waals surface area contributed by atoms with Crippen molar-refractivity contribution in [1.29, 1.82) is 0 Å². The first kappa shape index (κ1) is 16.5. The fourth-order valence-electron chi connectivity index (χ4n) is 2.35. The van der Waals surface area contributed by atoms with Crippen LogP contribution in [0.3, 0.4) is 0 Å². The zero-order chi connectivity index (χ0) is 15.3. The fraction of sp³-hybridized carbons (Fsp3) is 0.444. The van der Waals surface area contributed by atoms with Crippen molar-refractivity contribution in [3.63, 3.8) is 0 Å². The summed E-state index contributed by atoms with van der Waals surface area (Å²) in [5.41, 5.74) is 1.47. The highest BCUT2D eigenvalue weighted by atomic mass is 35.5. The second kappa shape index (κ2) is 7.44. The first-order valence-corrected chi connectivity index (χ1v) is 8.73. The predicted molar refractivity (Wildman–Crippen MR) is 94.6 cm³/mol. The number of hydrogen-bond donors (Lipinski definition) is 1. The normalized spacial score (nSPS) is 13.3. The van der Waals surface area contributed by atoms with E-state index in [0.717, 1.165) is 24.4 Å². The van der Waals surface area contributed by atoms with Crippen molar-refractivity contribution in [3.8, 4) is 0 Å². The molecule has 1 aromatic heterocycles. The smallest absolute Gasteiger partial charge is 0.0408 e. The molecule has 1 N–H and O–H groups in total. The van der Waals surface area contributed by atoms with E-state index in [-0.39, 0.29) is 5.54 Å². The van der Waals surface area contributed by atoms with Gasteiger partial charge in [0.15, 0.2) is 0 Å². The lowest BCUT2D eigenvalue weighted by Gasteiger charge is -2.25. The lowest BCUT2D eigenvalue weighted by Crippen LogP contribution is -2.38. The van der Waals surface area contributed by atoms with Gasteiger partial charge in [0.2, 0.25) is 0 Å². The molecule has 1 heterocycles. The largest absolute Gasteiger partial charge is 0.311 e. The van der Waals surface area contributed by atoms with Gasteiger partial charge in [0.05, 0.1) is 0 Å². The van der Waals surface area contributed by atoms with E-state index in [1.54, 1.807) is 0 Å². The van der Waals surface area contributed by atoms with Crippen LogP contribution in [0.4, 0.5) is 0 Å². The van der Waals surface area contributed by atoms with Crippen LogP contribution in [-0.4, -0.2) is 12.1 Å². The van der Waals surface area contributed by atoms with E-state index in [1.165, 1.54) is 10.4 Å². The van der Waals surface area contributed by atoms with Gasteiger partial charge in [0.25, 0.3) is 0 Å². The number of rotatable bonds is 6. The van der Waals surface area contributed by atoms with E-state index >= 15 is 0 Å². The van der Waals surface area contributed by atoms with Crippen LogP contribution in [0, 0.1) is 0 Å². The van der Waals surface area contributed by atoms with Crippen molar-refractivity contribution in [3.05, 3.63) is 57.2 Å². The number of aryl methyl sites for hydroxylation is 1. The van der Waals surface area contributed by atoms with Crippen LogP contribution in [-0.2, 0) is 6.42 Å². The third kappa shape index (κ3) is 5.82. The molecule has 2 aromatic rings. The minimum absolute atomic E-state index is 0.139. The maximum atomic E-state index is 6.16. The molecule has 0 aliphatic carbocycles. The molecule has 0 aliphatic heterocycles. The minimum Gasteiger partial charge on any atom is -0.311 e. The summed E-state index contributed by atoms with van der Waals surface area (Å²) in [6.07, 6.45) is 2.27. The molecule has 2 rings (SSSR count). The molecule has 0 saturated heterocycles. The Bertz CT molecular complexity index is 543. The van der Waals surface area contributed by atoms with Crippen molar-refractivity contribution in [2.45, 2.75) is 45.1 Å². The second-order valence-corrected chi connectivity index (χ2v) is 7.97. The summed E-state index contributed by atoms with van der Waals surface area (Å²) >= 11 is 8.00. The van der Waals surface area contributed by atoms with Crippen molar-refractivity contribution in [1.82, 2.24) is 5.32 Å². The van der Waals surface area contributed by atoms with Crippen molar-refractivity contribution >= 4 is 22.9 Å². The molecule has 1 nitrogen and oxygen atoms in total. The summed E-state index contributed by atoms with van der Waals surface area (Å²) in [6.45, 7) is 7.61. The molecule has 1 aromatic carbocycles. The Kier molecular flexibility index (Phi) is 5.86. The topological polar surface area (TPSA) is 12.0 Å². The summed E-state index contributed by atoms with van der Waals surface area (Å²) in [6, 6.07) is 12.6. The van der Waals surface area contributed by atoms with Gasteiger partial charge in [-0.15, -0.1) is 11.3 Å². The predicted octanol–water partition coefficient (Wildman–Crippen LogP) is 5.51. The molecule has 0 aliphatic rings. The van der Waals surface area contributed by atoms with Crippen LogP contribution in [0.1, 0.15) is 43.6 Å². The van der Waals surface area contributed by atoms with Crippen LogP contribution in [0.15, 0.2) is 41.8 Å². The van der Waals surface area contributed by atoms with E-state index < -0.39 is 0 Å². The molecule has 1 unspecified atom stereocenters. The van der Waals surface area contributed by atoms with E-state index in [1.807, 2.05) is 23.5 Å². The number of hydrogen-bond acceptors (Lipinski definition) is 2. The number of halogens is 1. The SMILES string of the molecule is CC(C)(C)NCC(CCc1cccs1)c1cccc(Cl)c1. The number of thiophene rings is 1. The molecule has 0 bridgehead atoms. The van der Waals surface area contributed by atoms with Gasteiger partial charge in [-0.25, -0.2) is 0 Å². The minimum atomic E-state index is 0.139. The highest BCUT2D eigenvalue weighted by molar-refractivity contribution is 7.09. The van der Waals surface area contributed by atoms with E-state index in [2.05, 4.69) is 55.7 Å². The monoisotopic (exact) mass is 321 g/mol. The standard InChI is InChI=1S/C18H24ClNS/c1-18(2,3)20-13-15(9-10-17-8-5-11-21-17)14-6-4-7-16(19)12-14/h4-8,11-12,15,20H,9-10,13H2,1-3H3. The van der Waals surface area contributed by atoms with Gasteiger partial charge in [0.1, 0.15) is 0 Å².